The molecule has 2 aromatic heterocycles. The average Bonchev–Trinajstić information content (AvgIpc) is 3.95. The molecule has 3 amide bonds. The number of carbonyl (C=O) groups excluding carboxylic acids is 3. The molecule has 1 unspecified atom stereocenters. The van der Waals surface area contributed by atoms with Gasteiger partial charge in [0.25, 0.3) is 5.91 Å². The number of ether oxygens (including phenoxy) is 6. The minimum absolute atomic E-state index is 0.00332. The number of aromatic hydroxyl groups is 1. The first-order valence-corrected chi connectivity index (χ1v) is 29.1. The second-order valence-electron chi connectivity index (χ2n) is 18.2. The van der Waals surface area contributed by atoms with E-state index < -0.39 is 6.72 Å². The molecule has 7 rings (SSSR count). The summed E-state index contributed by atoms with van der Waals surface area (Å²) in [6.45, 7) is 6.02. The highest BCUT2D eigenvalue weighted by Gasteiger charge is 2.29. The van der Waals surface area contributed by atoms with Gasteiger partial charge in [-0.25, -0.2) is 4.68 Å². The van der Waals surface area contributed by atoms with Crippen LogP contribution in [0.3, 0.4) is 0 Å². The van der Waals surface area contributed by atoms with Crippen LogP contribution >= 0.6 is 6.72 Å². The van der Waals surface area contributed by atoms with Gasteiger partial charge in [-0.3, -0.25) is 19.2 Å². The van der Waals surface area contributed by atoms with E-state index in [2.05, 4.69) is 27.5 Å². The molecule has 0 spiro atoms. The molecule has 0 saturated heterocycles. The molecule has 3 heterocycles. The minimum atomic E-state index is -3.14. The quantitative estimate of drug-likeness (QED) is 0.0172. The molecule has 6 aromatic rings. The Bertz CT molecular complexity index is 3100. The van der Waals surface area contributed by atoms with Crippen molar-refractivity contribution in [1.29, 1.82) is 0 Å². The lowest BCUT2D eigenvalue weighted by Crippen LogP contribution is -2.33. The SMILES string of the molecule is C=CCOc1ccc2c(=O)cc(-c3ccc(C(=O)NCCOCCOCCOCCOCCOCCn4nnc5c4-c4ccccc4N(C(=O)CCC(=O)NCCCCCCOP(O)(=S)OC)Cc4ccccc4-5)cc3)oc2c1O. The number of carbonyl (C=O) groups is 3. The number of unbranched alkanes of at least 4 members (excludes halogenated alkanes) is 3. The van der Waals surface area contributed by atoms with Gasteiger partial charge >= 0.3 is 6.72 Å². The average molecular weight is 1140 g/mol. The molecule has 1 aliphatic heterocycles. The van der Waals surface area contributed by atoms with Crippen molar-refractivity contribution in [2.45, 2.75) is 51.6 Å². The van der Waals surface area contributed by atoms with Crippen molar-refractivity contribution < 1.29 is 66.3 Å². The van der Waals surface area contributed by atoms with Crippen LogP contribution in [0.5, 0.6) is 11.5 Å². The Kier molecular flexibility index (Phi) is 24.3. The third-order valence-corrected chi connectivity index (χ3v) is 14.4. The van der Waals surface area contributed by atoms with E-state index in [1.807, 2.05) is 48.5 Å². The molecule has 0 fully saturated rings. The largest absolute Gasteiger partial charge is 0.502 e. The maximum absolute atomic E-state index is 14.0. The number of benzene rings is 4. The smallest absolute Gasteiger partial charge is 0.324 e. The fourth-order valence-electron chi connectivity index (χ4n) is 8.53. The van der Waals surface area contributed by atoms with Crippen LogP contribution in [0.1, 0.15) is 54.4 Å². The number of fused-ring (bicyclic) bond motifs is 6. The van der Waals surface area contributed by atoms with E-state index in [0.717, 1.165) is 41.6 Å². The van der Waals surface area contributed by atoms with Gasteiger partial charge in [0.15, 0.2) is 16.8 Å². The van der Waals surface area contributed by atoms with E-state index in [1.165, 1.54) is 31.4 Å². The third kappa shape index (κ3) is 17.9. The van der Waals surface area contributed by atoms with Gasteiger partial charge in [0.05, 0.1) is 103 Å². The molecule has 21 nitrogen and oxygen atoms in total. The summed E-state index contributed by atoms with van der Waals surface area (Å²) >= 11 is 4.83. The fraction of sp³-hybridized carbons (Fsp3) is 0.404. The van der Waals surface area contributed by atoms with Gasteiger partial charge in [-0.05, 0) is 60.5 Å². The highest BCUT2D eigenvalue weighted by atomic mass is 32.5. The van der Waals surface area contributed by atoms with Gasteiger partial charge in [0.2, 0.25) is 17.6 Å². The molecular formula is C57H69N6O15PS. The second-order valence-corrected chi connectivity index (χ2v) is 21.1. The first-order valence-electron chi connectivity index (χ1n) is 26.5. The summed E-state index contributed by atoms with van der Waals surface area (Å²) in [6, 6.07) is 26.4. The van der Waals surface area contributed by atoms with Gasteiger partial charge in [-0.1, -0.05) is 85.3 Å². The maximum Gasteiger partial charge on any atom is 0.324 e. The van der Waals surface area contributed by atoms with E-state index in [-0.39, 0.29) is 84.0 Å². The van der Waals surface area contributed by atoms with Gasteiger partial charge in [0.1, 0.15) is 18.1 Å². The van der Waals surface area contributed by atoms with Crippen LogP contribution in [0.4, 0.5) is 5.69 Å². The molecule has 0 saturated carbocycles. The lowest BCUT2D eigenvalue weighted by molar-refractivity contribution is -0.125. The van der Waals surface area contributed by atoms with Crippen molar-refractivity contribution >= 4 is 52.9 Å². The van der Waals surface area contributed by atoms with E-state index in [1.54, 1.807) is 33.8 Å². The van der Waals surface area contributed by atoms with Gasteiger partial charge in [-0.15, -0.1) is 5.10 Å². The first-order chi connectivity index (χ1) is 39.0. The number of phenolic OH excluding ortho intramolecular Hbond substituents is 1. The standard InChI is InChI=1S/C57H69N6O15PS/c1-3-27-76-49-21-20-46-48(64)39-50(78-56(46)55(49)67)41-16-18-42(19-17-41)57(68)59-25-29-71-31-33-73-35-37-75-38-36-74-34-32-72-30-26-63-54-45-14-8-9-15-47(45)62(40-43-12-6-7-13-44(43)53(54)60-61-63)52(66)23-22-51(65)58-24-10-4-5-11-28-77-79(69,80)70-2/h3,6-9,12-21,39,67H,1,4-5,10-11,22-38,40H2,2H3,(H,58,65)(H,59,68)(H,69,80). The number of amides is 3. The molecule has 0 bridgehead atoms. The predicted molar refractivity (Wildman–Crippen MR) is 304 cm³/mol. The number of para-hydroxylation sites is 1. The first kappa shape index (κ1) is 60.9. The Morgan fingerprint density at radius 3 is 2.15 bits per heavy atom. The minimum Gasteiger partial charge on any atom is -0.502 e. The zero-order valence-electron chi connectivity index (χ0n) is 44.8. The number of nitrogens with one attached hydrogen (secondary N) is 2. The van der Waals surface area contributed by atoms with Gasteiger partial charge < -0.3 is 67.4 Å². The summed E-state index contributed by atoms with van der Waals surface area (Å²) in [5.74, 6) is -0.549. The van der Waals surface area contributed by atoms with E-state index in [0.29, 0.717) is 115 Å². The third-order valence-electron chi connectivity index (χ3n) is 12.6. The number of rotatable bonds is 35. The Labute approximate surface area is 469 Å². The Morgan fingerprint density at radius 1 is 0.775 bits per heavy atom. The lowest BCUT2D eigenvalue weighted by atomic mass is 9.95. The van der Waals surface area contributed by atoms with Crippen LogP contribution in [0.2, 0.25) is 0 Å². The summed E-state index contributed by atoms with van der Waals surface area (Å²) in [5.41, 5.74) is 5.37. The Balaban J connectivity index is 0.734. The van der Waals surface area contributed by atoms with E-state index in [9.17, 15) is 29.2 Å². The van der Waals surface area contributed by atoms with Crippen molar-refractivity contribution in [2.24, 2.45) is 0 Å². The van der Waals surface area contributed by atoms with Crippen LogP contribution in [-0.4, -0.2) is 142 Å². The number of hydrogen-bond acceptors (Lipinski definition) is 17. The fourth-order valence-corrected chi connectivity index (χ4v) is 9.22. The number of anilines is 1. The molecule has 80 heavy (non-hydrogen) atoms. The Hall–Kier alpha value is -6.69. The van der Waals surface area contributed by atoms with Crippen LogP contribution in [0.25, 0.3) is 44.8 Å². The molecule has 1 atom stereocenters. The molecular weight excluding hydrogens is 1070 g/mol. The van der Waals surface area contributed by atoms with E-state index in [4.69, 9.17) is 53.7 Å². The van der Waals surface area contributed by atoms with Gasteiger partial charge in [-0.2, -0.15) is 0 Å². The van der Waals surface area contributed by atoms with Crippen LogP contribution < -0.4 is 25.7 Å². The molecule has 4 N–H and O–H groups in total. The molecule has 428 valence electrons. The van der Waals surface area contributed by atoms with Crippen LogP contribution in [0.15, 0.2) is 113 Å². The van der Waals surface area contributed by atoms with Crippen molar-refractivity contribution in [1.82, 2.24) is 25.6 Å². The summed E-state index contributed by atoms with van der Waals surface area (Å²) in [5, 5.41) is 25.8. The number of phenols is 1. The number of aromatic nitrogens is 3. The molecule has 4 aromatic carbocycles. The number of nitrogens with zero attached hydrogens (tertiary/aromatic N) is 4. The Morgan fingerprint density at radius 2 is 1.44 bits per heavy atom. The zero-order valence-corrected chi connectivity index (χ0v) is 46.6. The highest BCUT2D eigenvalue weighted by molar-refractivity contribution is 8.07. The normalized spacial score (nSPS) is 12.7. The molecule has 0 aliphatic carbocycles. The molecule has 23 heteroatoms. The number of hydrogen-bond donors (Lipinski definition) is 4. The highest BCUT2D eigenvalue weighted by Crippen LogP contribution is 2.43. The second kappa shape index (κ2) is 31.9. The van der Waals surface area contributed by atoms with Crippen molar-refractivity contribution in [2.75, 3.05) is 104 Å². The summed E-state index contributed by atoms with van der Waals surface area (Å²) in [4.78, 5) is 63.8. The summed E-state index contributed by atoms with van der Waals surface area (Å²) < 4.78 is 51.5. The van der Waals surface area contributed by atoms with Crippen LogP contribution in [0, 0.1) is 0 Å². The molecule has 0 radical (unpaired) electrons. The predicted octanol–water partition coefficient (Wildman–Crippen LogP) is 7.35. The summed E-state index contributed by atoms with van der Waals surface area (Å²) in [7, 11) is 1.32. The van der Waals surface area contributed by atoms with Crippen molar-refractivity contribution in [3.8, 4) is 45.3 Å². The van der Waals surface area contributed by atoms with Gasteiger partial charge in [0, 0.05) is 61.4 Å². The maximum atomic E-state index is 14.0. The lowest BCUT2D eigenvalue weighted by Gasteiger charge is -2.28. The molecule has 1 aliphatic rings. The van der Waals surface area contributed by atoms with Crippen LogP contribution in [-0.2, 0) is 67.2 Å². The zero-order chi connectivity index (χ0) is 56.5. The summed E-state index contributed by atoms with van der Waals surface area (Å²) in [6.07, 6.45) is 4.82. The van der Waals surface area contributed by atoms with E-state index >= 15 is 0 Å². The topological polar surface area (TPSA) is 254 Å². The monoisotopic (exact) mass is 1140 g/mol. The van der Waals surface area contributed by atoms with Crippen molar-refractivity contribution in [3.63, 3.8) is 0 Å². The van der Waals surface area contributed by atoms with Crippen molar-refractivity contribution in [3.05, 3.63) is 125 Å².